The number of nitrogens with zero attached hydrogens (tertiary/aromatic N) is 2. The maximum absolute atomic E-state index is 13.5. The van der Waals surface area contributed by atoms with Crippen molar-refractivity contribution in [3.63, 3.8) is 0 Å². The second kappa shape index (κ2) is 10.4. The summed E-state index contributed by atoms with van der Waals surface area (Å²) < 4.78 is 0. The fourth-order valence-corrected chi connectivity index (χ4v) is 5.22. The number of benzene rings is 3. The van der Waals surface area contributed by atoms with Crippen LogP contribution in [0.25, 0.3) is 0 Å². The van der Waals surface area contributed by atoms with Crippen molar-refractivity contribution in [2.45, 2.75) is 18.6 Å². The number of aryl methyl sites for hydroxylation is 1. The number of thioether (sulfide) groups is 1. The van der Waals surface area contributed by atoms with E-state index >= 15 is 0 Å². The SMILES string of the molecule is Cc1ccc(C[C@@H]2S/C(=C(/C#N)C(=O)Nc3ccccc3Cl)N(c3ccccc3)C2=O)cc1Cl. The highest BCUT2D eigenvalue weighted by molar-refractivity contribution is 8.05. The number of carbonyl (C=O) groups excluding carboxylic acids is 2. The molecule has 0 radical (unpaired) electrons. The minimum atomic E-state index is -0.633. The zero-order valence-electron chi connectivity index (χ0n) is 18.1. The number of para-hydroxylation sites is 2. The molecule has 8 heteroatoms. The molecule has 0 spiro atoms. The minimum absolute atomic E-state index is 0.161. The summed E-state index contributed by atoms with van der Waals surface area (Å²) in [5.74, 6) is -0.841. The minimum Gasteiger partial charge on any atom is -0.320 e. The first kappa shape index (κ1) is 23.9. The van der Waals surface area contributed by atoms with Gasteiger partial charge >= 0.3 is 0 Å². The van der Waals surface area contributed by atoms with Gasteiger partial charge in [-0.15, -0.1) is 0 Å². The second-order valence-electron chi connectivity index (χ2n) is 7.63. The number of rotatable bonds is 5. The van der Waals surface area contributed by atoms with Gasteiger partial charge in [0.2, 0.25) is 5.91 Å². The van der Waals surface area contributed by atoms with Gasteiger partial charge in [-0.1, -0.05) is 77.4 Å². The summed E-state index contributed by atoms with van der Waals surface area (Å²) in [6, 6.07) is 23.4. The van der Waals surface area contributed by atoms with Crippen LogP contribution in [0.2, 0.25) is 10.0 Å². The first-order valence-electron chi connectivity index (χ1n) is 10.4. The molecule has 0 bridgehead atoms. The van der Waals surface area contributed by atoms with Gasteiger partial charge in [-0.3, -0.25) is 14.5 Å². The monoisotopic (exact) mass is 507 g/mol. The lowest BCUT2D eigenvalue weighted by atomic mass is 10.1. The summed E-state index contributed by atoms with van der Waals surface area (Å²) >= 11 is 13.6. The van der Waals surface area contributed by atoms with Crippen molar-refractivity contribution in [1.29, 1.82) is 5.26 Å². The lowest BCUT2D eigenvalue weighted by Gasteiger charge is -2.18. The predicted octanol–water partition coefficient (Wildman–Crippen LogP) is 6.37. The number of carbonyl (C=O) groups is 2. The fourth-order valence-electron chi connectivity index (χ4n) is 3.52. The van der Waals surface area contributed by atoms with E-state index in [1.54, 1.807) is 48.5 Å². The molecular formula is C26H19Cl2N3O2S. The third kappa shape index (κ3) is 4.97. The molecule has 2 amide bonds. The molecule has 1 N–H and O–H groups in total. The first-order chi connectivity index (χ1) is 16.4. The van der Waals surface area contributed by atoms with E-state index in [9.17, 15) is 14.9 Å². The third-order valence-electron chi connectivity index (χ3n) is 5.30. The molecule has 1 fully saturated rings. The number of nitrogens with one attached hydrogen (secondary N) is 1. The third-order valence-corrected chi connectivity index (χ3v) is 7.30. The summed E-state index contributed by atoms with van der Waals surface area (Å²) in [5, 5.41) is 13.3. The molecule has 4 rings (SSSR count). The zero-order chi connectivity index (χ0) is 24.2. The predicted molar refractivity (Wildman–Crippen MR) is 138 cm³/mol. The Morgan fingerprint density at radius 3 is 2.44 bits per heavy atom. The topological polar surface area (TPSA) is 73.2 Å². The summed E-state index contributed by atoms with van der Waals surface area (Å²) in [4.78, 5) is 28.0. The molecule has 1 saturated heterocycles. The largest absolute Gasteiger partial charge is 0.320 e. The average Bonchev–Trinajstić information content (AvgIpc) is 3.14. The molecule has 5 nitrogen and oxygen atoms in total. The Bertz CT molecular complexity index is 1340. The number of halogens is 2. The zero-order valence-corrected chi connectivity index (χ0v) is 20.4. The van der Waals surface area contributed by atoms with E-state index in [1.807, 2.05) is 37.3 Å². The Balaban J connectivity index is 1.72. The van der Waals surface area contributed by atoms with Crippen molar-refractivity contribution >= 4 is 58.2 Å². The normalized spacial score (nSPS) is 16.8. The molecule has 170 valence electrons. The van der Waals surface area contributed by atoms with Crippen LogP contribution in [0.5, 0.6) is 0 Å². The van der Waals surface area contributed by atoms with Crippen LogP contribution in [0, 0.1) is 18.3 Å². The Morgan fingerprint density at radius 2 is 1.76 bits per heavy atom. The molecule has 1 heterocycles. The van der Waals surface area contributed by atoms with Crippen LogP contribution in [-0.4, -0.2) is 17.1 Å². The summed E-state index contributed by atoms with van der Waals surface area (Å²) in [5.41, 5.74) is 2.65. The molecule has 1 atom stereocenters. The molecule has 1 aliphatic rings. The highest BCUT2D eigenvalue weighted by Gasteiger charge is 2.40. The van der Waals surface area contributed by atoms with Gasteiger partial charge in [0.1, 0.15) is 16.7 Å². The number of anilines is 2. The highest BCUT2D eigenvalue weighted by atomic mass is 35.5. The van der Waals surface area contributed by atoms with Gasteiger partial charge in [0, 0.05) is 10.7 Å². The molecule has 0 aromatic heterocycles. The molecule has 3 aromatic carbocycles. The quantitative estimate of drug-likeness (QED) is 0.321. The summed E-state index contributed by atoms with van der Waals surface area (Å²) in [6.07, 6.45) is 0.404. The van der Waals surface area contributed by atoms with Crippen molar-refractivity contribution < 1.29 is 9.59 Å². The van der Waals surface area contributed by atoms with Crippen LogP contribution in [0.1, 0.15) is 11.1 Å². The van der Waals surface area contributed by atoms with Gasteiger partial charge in [-0.2, -0.15) is 5.26 Å². The van der Waals surface area contributed by atoms with E-state index < -0.39 is 11.2 Å². The van der Waals surface area contributed by atoms with E-state index in [1.165, 1.54) is 16.7 Å². The Kier molecular flexibility index (Phi) is 7.28. The summed E-state index contributed by atoms with van der Waals surface area (Å²) in [7, 11) is 0. The number of amides is 2. The molecule has 0 aliphatic carbocycles. The second-order valence-corrected chi connectivity index (χ2v) is 9.64. The van der Waals surface area contributed by atoms with Gasteiger partial charge in [0.15, 0.2) is 0 Å². The Labute approximate surface area is 212 Å². The summed E-state index contributed by atoms with van der Waals surface area (Å²) in [6.45, 7) is 1.91. The van der Waals surface area contributed by atoms with Crippen LogP contribution in [0.4, 0.5) is 11.4 Å². The number of hydrogen-bond donors (Lipinski definition) is 1. The van der Waals surface area contributed by atoms with E-state index in [0.29, 0.717) is 27.8 Å². The molecule has 1 aliphatic heterocycles. The maximum atomic E-state index is 13.5. The standard InChI is InChI=1S/C26H19Cl2N3O2S/c1-16-11-12-17(13-21(16)28)14-23-25(33)31(18-7-3-2-4-8-18)26(34-23)19(15-29)24(32)30-22-10-6-5-9-20(22)27/h2-13,23H,14H2,1H3,(H,30,32)/b26-19-/t23-/m0/s1. The number of nitriles is 1. The van der Waals surface area contributed by atoms with Crippen molar-refractivity contribution in [1.82, 2.24) is 0 Å². The van der Waals surface area contributed by atoms with Crippen molar-refractivity contribution in [3.8, 4) is 6.07 Å². The molecule has 3 aromatic rings. The Morgan fingerprint density at radius 1 is 1.06 bits per heavy atom. The lowest BCUT2D eigenvalue weighted by Crippen LogP contribution is -2.30. The number of hydrogen-bond acceptors (Lipinski definition) is 4. The molecule has 0 saturated carbocycles. The van der Waals surface area contributed by atoms with Crippen molar-refractivity contribution in [2.24, 2.45) is 0 Å². The van der Waals surface area contributed by atoms with Gasteiger partial charge in [-0.25, -0.2) is 0 Å². The van der Waals surface area contributed by atoms with E-state index in [2.05, 4.69) is 5.32 Å². The Hall–Kier alpha value is -3.24. The molecule has 34 heavy (non-hydrogen) atoms. The van der Waals surface area contributed by atoms with Gasteiger partial charge in [0.25, 0.3) is 5.91 Å². The van der Waals surface area contributed by atoms with E-state index in [4.69, 9.17) is 23.2 Å². The van der Waals surface area contributed by atoms with Crippen LogP contribution >= 0.6 is 35.0 Å². The average molecular weight is 508 g/mol. The molecule has 0 unspecified atom stereocenters. The van der Waals surface area contributed by atoms with Crippen LogP contribution in [-0.2, 0) is 16.0 Å². The molecular weight excluding hydrogens is 489 g/mol. The first-order valence-corrected chi connectivity index (χ1v) is 12.0. The van der Waals surface area contributed by atoms with Crippen LogP contribution < -0.4 is 10.2 Å². The van der Waals surface area contributed by atoms with E-state index in [0.717, 1.165) is 11.1 Å². The maximum Gasteiger partial charge on any atom is 0.269 e. The van der Waals surface area contributed by atoms with Crippen molar-refractivity contribution in [3.05, 3.63) is 105 Å². The lowest BCUT2D eigenvalue weighted by molar-refractivity contribution is -0.117. The van der Waals surface area contributed by atoms with Gasteiger partial charge in [-0.05, 0) is 54.8 Å². The van der Waals surface area contributed by atoms with Crippen LogP contribution in [0.3, 0.4) is 0 Å². The van der Waals surface area contributed by atoms with E-state index in [-0.39, 0.29) is 16.5 Å². The van der Waals surface area contributed by atoms with Crippen LogP contribution in [0.15, 0.2) is 83.4 Å². The fraction of sp³-hybridized carbons (Fsp3) is 0.115. The van der Waals surface area contributed by atoms with Gasteiger partial charge in [0.05, 0.1) is 16.0 Å². The van der Waals surface area contributed by atoms with Crippen molar-refractivity contribution in [2.75, 3.05) is 10.2 Å². The smallest absolute Gasteiger partial charge is 0.269 e. The van der Waals surface area contributed by atoms with Gasteiger partial charge < -0.3 is 5.32 Å². The highest BCUT2D eigenvalue weighted by Crippen LogP contribution is 2.42.